The third-order valence-corrected chi connectivity index (χ3v) is 6.90. The van der Waals surface area contributed by atoms with Gasteiger partial charge >= 0.3 is 0 Å². The minimum atomic E-state index is -1.03. The van der Waals surface area contributed by atoms with E-state index < -0.39 is 29.7 Å². The number of amides is 2. The molecule has 1 aromatic carbocycles. The van der Waals surface area contributed by atoms with Crippen molar-refractivity contribution in [3.05, 3.63) is 35.4 Å². The number of nitrogens with one attached hydrogen (secondary N) is 2. The van der Waals surface area contributed by atoms with E-state index in [0.717, 1.165) is 18.9 Å². The highest BCUT2D eigenvalue weighted by Gasteiger charge is 2.39. The molecular formula is C27H41F2N3O5. The van der Waals surface area contributed by atoms with Crippen molar-refractivity contribution < 1.29 is 33.0 Å². The lowest BCUT2D eigenvalue weighted by atomic mass is 9.94. The molecule has 2 aliphatic heterocycles. The summed E-state index contributed by atoms with van der Waals surface area (Å²) in [5, 5.41) is 17.4. The number of benzene rings is 1. The maximum absolute atomic E-state index is 13.9. The van der Waals surface area contributed by atoms with Gasteiger partial charge in [0.05, 0.1) is 36.9 Å². The number of carbonyl (C=O) groups is 2. The van der Waals surface area contributed by atoms with Gasteiger partial charge in [-0.05, 0) is 50.8 Å². The van der Waals surface area contributed by atoms with Gasteiger partial charge in [-0.3, -0.25) is 9.59 Å². The number of halogens is 2. The van der Waals surface area contributed by atoms with Crippen molar-refractivity contribution in [3.8, 4) is 0 Å². The number of likely N-dealkylation sites (tertiary alicyclic amines) is 1. The van der Waals surface area contributed by atoms with Crippen LogP contribution in [0.25, 0.3) is 0 Å². The zero-order valence-corrected chi connectivity index (χ0v) is 22.1. The first-order valence-corrected chi connectivity index (χ1v) is 13.3. The lowest BCUT2D eigenvalue weighted by molar-refractivity contribution is -0.129. The molecule has 208 valence electrons. The molecule has 37 heavy (non-hydrogen) atoms. The molecule has 0 aliphatic carbocycles. The Morgan fingerprint density at radius 2 is 1.97 bits per heavy atom. The molecule has 3 N–H and O–H groups in total. The fourth-order valence-electron chi connectivity index (χ4n) is 4.90. The first-order valence-electron chi connectivity index (χ1n) is 13.3. The monoisotopic (exact) mass is 525 g/mol. The number of aliphatic hydroxyl groups is 1. The molecule has 2 saturated heterocycles. The van der Waals surface area contributed by atoms with Crippen LogP contribution in [0.3, 0.4) is 0 Å². The third kappa shape index (κ3) is 8.98. The van der Waals surface area contributed by atoms with Gasteiger partial charge in [0, 0.05) is 44.8 Å². The van der Waals surface area contributed by atoms with E-state index in [0.29, 0.717) is 38.3 Å². The molecule has 2 fully saturated rings. The summed E-state index contributed by atoms with van der Waals surface area (Å²) in [5.41, 5.74) is 0.325. The van der Waals surface area contributed by atoms with Gasteiger partial charge in [0.15, 0.2) is 0 Å². The molecule has 0 bridgehead atoms. The summed E-state index contributed by atoms with van der Waals surface area (Å²) < 4.78 is 39.1. The van der Waals surface area contributed by atoms with E-state index in [2.05, 4.69) is 17.6 Å². The van der Waals surface area contributed by atoms with E-state index in [1.54, 1.807) is 4.90 Å². The van der Waals surface area contributed by atoms with Crippen LogP contribution in [0, 0.1) is 17.6 Å². The van der Waals surface area contributed by atoms with Gasteiger partial charge in [-0.2, -0.15) is 0 Å². The number of hydrogen-bond acceptors (Lipinski definition) is 6. The number of nitrogens with zero attached hydrogens (tertiary/aromatic N) is 1. The Hall–Kier alpha value is -2.14. The minimum absolute atomic E-state index is 0.0355. The van der Waals surface area contributed by atoms with Crippen LogP contribution in [0.4, 0.5) is 8.78 Å². The molecule has 0 saturated carbocycles. The molecule has 1 aromatic rings. The Kier molecular flexibility index (Phi) is 11.2. The Balaban J connectivity index is 1.65. The van der Waals surface area contributed by atoms with Crippen molar-refractivity contribution in [3.63, 3.8) is 0 Å². The number of aliphatic hydroxyl groups excluding tert-OH is 1. The highest BCUT2D eigenvalue weighted by molar-refractivity contribution is 5.89. The fraction of sp³-hybridized carbons (Fsp3) is 0.704. The van der Waals surface area contributed by atoms with Crippen molar-refractivity contribution in [2.24, 2.45) is 5.92 Å². The largest absolute Gasteiger partial charge is 0.389 e. The van der Waals surface area contributed by atoms with Gasteiger partial charge in [0.1, 0.15) is 11.6 Å². The normalized spacial score (nSPS) is 23.6. The third-order valence-electron chi connectivity index (χ3n) is 6.90. The van der Waals surface area contributed by atoms with Crippen molar-refractivity contribution in [1.82, 2.24) is 15.5 Å². The molecule has 0 radical (unpaired) electrons. The SMILES string of the molecule is CCCCO[C@H]1CN[C@@H]([C@@H](O)[C@H](Cc2cc(F)cc(F)c2)NC(=O)C2CC(=O)N(CCOC(C)C)C2)C1. The Labute approximate surface area is 218 Å². The molecule has 10 heteroatoms. The highest BCUT2D eigenvalue weighted by atomic mass is 19.1. The smallest absolute Gasteiger partial charge is 0.225 e. The van der Waals surface area contributed by atoms with Crippen LogP contribution in [0.15, 0.2) is 18.2 Å². The molecule has 8 nitrogen and oxygen atoms in total. The van der Waals surface area contributed by atoms with E-state index >= 15 is 0 Å². The Morgan fingerprint density at radius 3 is 2.65 bits per heavy atom. The molecule has 5 atom stereocenters. The van der Waals surface area contributed by atoms with Crippen molar-refractivity contribution in [2.45, 2.75) is 83.3 Å². The van der Waals surface area contributed by atoms with E-state index in [9.17, 15) is 23.5 Å². The van der Waals surface area contributed by atoms with Gasteiger partial charge in [-0.25, -0.2) is 8.78 Å². The Bertz CT molecular complexity index is 883. The number of rotatable bonds is 14. The molecule has 0 spiro atoms. The first kappa shape index (κ1) is 29.4. The van der Waals surface area contributed by atoms with Crippen LogP contribution >= 0.6 is 0 Å². The molecule has 0 aromatic heterocycles. The molecule has 2 aliphatic rings. The maximum Gasteiger partial charge on any atom is 0.225 e. The van der Waals surface area contributed by atoms with Crippen molar-refractivity contribution in [1.29, 1.82) is 0 Å². The van der Waals surface area contributed by atoms with Gasteiger partial charge < -0.3 is 30.1 Å². The second-order valence-corrected chi connectivity index (χ2v) is 10.3. The van der Waals surface area contributed by atoms with Crippen LogP contribution in [0.5, 0.6) is 0 Å². The number of unbranched alkanes of at least 4 members (excludes halogenated alkanes) is 1. The summed E-state index contributed by atoms with van der Waals surface area (Å²) in [7, 11) is 0. The summed E-state index contributed by atoms with van der Waals surface area (Å²) >= 11 is 0. The second kappa shape index (κ2) is 14.1. The predicted molar refractivity (Wildman–Crippen MR) is 135 cm³/mol. The molecule has 2 amide bonds. The van der Waals surface area contributed by atoms with Crippen molar-refractivity contribution in [2.75, 3.05) is 32.8 Å². The zero-order chi connectivity index (χ0) is 26.9. The van der Waals surface area contributed by atoms with Gasteiger partial charge in [0.2, 0.25) is 11.8 Å². The summed E-state index contributed by atoms with van der Waals surface area (Å²) in [6, 6.07) is 2.01. The number of ether oxygens (including phenoxy) is 2. The molecule has 2 heterocycles. The fourth-order valence-corrected chi connectivity index (χ4v) is 4.90. The molecule has 1 unspecified atom stereocenters. The van der Waals surface area contributed by atoms with E-state index in [1.165, 1.54) is 12.1 Å². The van der Waals surface area contributed by atoms with Gasteiger partial charge in [-0.1, -0.05) is 13.3 Å². The topological polar surface area (TPSA) is 100 Å². The van der Waals surface area contributed by atoms with Crippen molar-refractivity contribution >= 4 is 11.8 Å². The standard InChI is InChI=1S/C27H41F2N3O5/c1-4-5-7-37-22-14-23(30-15-22)26(34)24(11-18-9-20(28)13-21(29)10-18)31-27(35)19-12-25(33)32(16-19)6-8-36-17(2)3/h9-10,13,17,19,22-24,26,30,34H,4-8,11-12,14-16H2,1-3H3,(H,31,35)/t19?,22-,23-,24+,26-/m1/s1. The highest BCUT2D eigenvalue weighted by Crippen LogP contribution is 2.22. The van der Waals surface area contributed by atoms with Crippen LogP contribution in [0.2, 0.25) is 0 Å². The lowest BCUT2D eigenvalue weighted by Gasteiger charge is -2.29. The van der Waals surface area contributed by atoms with Crippen LogP contribution in [0.1, 0.15) is 52.0 Å². The molecular weight excluding hydrogens is 484 g/mol. The summed E-state index contributed by atoms with van der Waals surface area (Å²) in [6.45, 7) is 8.18. The quantitative estimate of drug-likeness (QED) is 0.322. The van der Waals surface area contributed by atoms with E-state index in [1.807, 2.05) is 13.8 Å². The summed E-state index contributed by atoms with van der Waals surface area (Å²) in [5.74, 6) is -2.51. The van der Waals surface area contributed by atoms with Gasteiger partial charge in [-0.15, -0.1) is 0 Å². The van der Waals surface area contributed by atoms with E-state index in [4.69, 9.17) is 9.47 Å². The minimum Gasteiger partial charge on any atom is -0.389 e. The summed E-state index contributed by atoms with van der Waals surface area (Å²) in [4.78, 5) is 27.2. The second-order valence-electron chi connectivity index (χ2n) is 10.3. The van der Waals surface area contributed by atoms with E-state index in [-0.39, 0.29) is 49.5 Å². The maximum atomic E-state index is 13.9. The van der Waals surface area contributed by atoms with Crippen LogP contribution in [-0.2, 0) is 25.5 Å². The first-order chi connectivity index (χ1) is 17.7. The Morgan fingerprint density at radius 1 is 1.24 bits per heavy atom. The lowest BCUT2D eigenvalue weighted by Crippen LogP contribution is -2.53. The average molecular weight is 526 g/mol. The predicted octanol–water partition coefficient (Wildman–Crippen LogP) is 2.17. The zero-order valence-electron chi connectivity index (χ0n) is 22.1. The van der Waals surface area contributed by atoms with Gasteiger partial charge in [0.25, 0.3) is 0 Å². The average Bonchev–Trinajstić information content (AvgIpc) is 3.44. The van der Waals surface area contributed by atoms with Crippen LogP contribution in [-0.4, -0.2) is 85.1 Å². The number of carbonyl (C=O) groups excluding carboxylic acids is 2. The summed E-state index contributed by atoms with van der Waals surface area (Å²) in [6.07, 6.45) is 1.61. The van der Waals surface area contributed by atoms with Crippen LogP contribution < -0.4 is 10.6 Å². The number of hydrogen-bond donors (Lipinski definition) is 3. The molecule has 3 rings (SSSR count).